The number of pyridine rings is 2. The van der Waals surface area contributed by atoms with Crippen LogP contribution in [0.15, 0.2) is 59.7 Å². The number of nitrogens with one attached hydrogen (secondary N) is 1. The molecule has 0 bridgehead atoms. The number of hydrogen-bond acceptors (Lipinski definition) is 7. The fraction of sp³-hybridized carbons (Fsp3) is 0.333. The number of halogens is 1. The van der Waals surface area contributed by atoms with Crippen LogP contribution in [0.4, 0.5) is 0 Å². The van der Waals surface area contributed by atoms with Crippen LogP contribution < -0.4 is 15.6 Å². The number of benzene rings is 1. The SMILES string of the molecule is O=c1cc(OCc2ccc(Cl)cn2)ccn1C1=Cc2ccc(CNCCN3CCCS3(O)O)cc2CC1. The van der Waals surface area contributed by atoms with Gasteiger partial charge in [0, 0.05) is 50.3 Å². The van der Waals surface area contributed by atoms with Crippen molar-refractivity contribution in [3.63, 3.8) is 0 Å². The summed E-state index contributed by atoms with van der Waals surface area (Å²) < 4.78 is 29.2. The number of allylic oxidation sites excluding steroid dienone is 1. The maximum atomic E-state index is 12.8. The lowest BCUT2D eigenvalue weighted by Crippen LogP contribution is -2.31. The van der Waals surface area contributed by atoms with E-state index in [9.17, 15) is 13.9 Å². The normalized spacial score (nSPS) is 17.8. The van der Waals surface area contributed by atoms with Gasteiger partial charge in [-0.2, -0.15) is 0 Å². The lowest BCUT2D eigenvalue weighted by atomic mass is 9.93. The maximum Gasteiger partial charge on any atom is 0.258 e. The van der Waals surface area contributed by atoms with E-state index in [4.69, 9.17) is 16.3 Å². The minimum atomic E-state index is -2.54. The van der Waals surface area contributed by atoms with Gasteiger partial charge >= 0.3 is 0 Å². The van der Waals surface area contributed by atoms with E-state index in [1.165, 1.54) is 17.2 Å². The summed E-state index contributed by atoms with van der Waals surface area (Å²) in [6.07, 6.45) is 7.88. The average molecular weight is 543 g/mol. The van der Waals surface area contributed by atoms with Gasteiger partial charge in [0.2, 0.25) is 0 Å². The Balaban J connectivity index is 1.18. The van der Waals surface area contributed by atoms with Gasteiger partial charge in [0.15, 0.2) is 0 Å². The van der Waals surface area contributed by atoms with Crippen LogP contribution in [0.2, 0.25) is 5.02 Å². The second-order valence-electron chi connectivity index (χ2n) is 9.29. The number of hydrogen-bond donors (Lipinski definition) is 3. The zero-order valence-corrected chi connectivity index (χ0v) is 22.0. The molecule has 0 saturated carbocycles. The van der Waals surface area contributed by atoms with Gasteiger partial charge in [-0.1, -0.05) is 29.8 Å². The molecule has 0 atom stereocenters. The van der Waals surface area contributed by atoms with Crippen LogP contribution in [0, 0.1) is 0 Å². The highest BCUT2D eigenvalue weighted by molar-refractivity contribution is 8.22. The van der Waals surface area contributed by atoms with Crippen LogP contribution in [0.25, 0.3) is 11.8 Å². The summed E-state index contributed by atoms with van der Waals surface area (Å²) in [5.74, 6) is 0.987. The number of nitrogens with zero attached hydrogens (tertiary/aromatic N) is 3. The van der Waals surface area contributed by atoms with Crippen LogP contribution in [-0.4, -0.2) is 48.3 Å². The molecular formula is C27H31ClN4O4S. The molecule has 3 N–H and O–H groups in total. The first kappa shape index (κ1) is 26.0. The highest BCUT2D eigenvalue weighted by atomic mass is 35.5. The monoisotopic (exact) mass is 542 g/mol. The Bertz CT molecular complexity index is 1340. The molecule has 1 fully saturated rings. The van der Waals surface area contributed by atoms with Gasteiger partial charge in [-0.15, -0.1) is 10.8 Å². The first-order valence-corrected chi connectivity index (χ1v) is 14.4. The van der Waals surface area contributed by atoms with E-state index in [0.29, 0.717) is 29.6 Å². The van der Waals surface area contributed by atoms with Crippen molar-refractivity contribution in [3.8, 4) is 5.75 Å². The minimum absolute atomic E-state index is 0.133. The molecule has 3 heterocycles. The third kappa shape index (κ3) is 6.43. The number of aryl methyl sites for hydroxylation is 1. The molecule has 1 aromatic carbocycles. The Labute approximate surface area is 223 Å². The molecule has 2 aliphatic rings. The first-order chi connectivity index (χ1) is 17.9. The Morgan fingerprint density at radius 2 is 2.03 bits per heavy atom. The quantitative estimate of drug-likeness (QED) is 0.331. The van der Waals surface area contributed by atoms with E-state index in [-0.39, 0.29) is 12.2 Å². The smallest absolute Gasteiger partial charge is 0.258 e. The van der Waals surface area contributed by atoms with E-state index in [0.717, 1.165) is 49.3 Å². The maximum absolute atomic E-state index is 12.8. The lowest BCUT2D eigenvalue weighted by molar-refractivity contribution is 0.300. The van der Waals surface area contributed by atoms with Crippen molar-refractivity contribution < 1.29 is 13.8 Å². The van der Waals surface area contributed by atoms with Crippen molar-refractivity contribution >= 4 is 34.1 Å². The van der Waals surface area contributed by atoms with Gasteiger partial charge in [-0.25, -0.2) is 4.31 Å². The summed E-state index contributed by atoms with van der Waals surface area (Å²) in [4.78, 5) is 17.0. The number of ether oxygens (including phenoxy) is 1. The van der Waals surface area contributed by atoms with Gasteiger partial charge in [0.1, 0.15) is 12.4 Å². The molecule has 1 aliphatic heterocycles. The molecule has 0 unspecified atom stereocenters. The number of fused-ring (bicyclic) bond motifs is 1. The van der Waals surface area contributed by atoms with Crippen LogP contribution >= 0.6 is 22.4 Å². The fourth-order valence-corrected chi connectivity index (χ4v) is 6.36. The van der Waals surface area contributed by atoms with Crippen molar-refractivity contribution in [2.24, 2.45) is 0 Å². The number of rotatable bonds is 9. The van der Waals surface area contributed by atoms with Crippen LogP contribution in [0.5, 0.6) is 5.75 Å². The van der Waals surface area contributed by atoms with Gasteiger partial charge in [0.25, 0.3) is 5.56 Å². The van der Waals surface area contributed by atoms with E-state index in [2.05, 4.69) is 34.6 Å². The standard InChI is InChI=1S/C27H31ClN4O4S/c28-23-5-6-24(30-18-23)19-36-26-8-11-32(27(33)16-26)25-7-4-21-14-20(2-3-22(21)15-25)17-29-9-12-31-10-1-13-37(31,34)35/h2-3,5-6,8,11,14-16,18,29,34-35H,1,4,7,9-10,12-13,17,19H2. The first-order valence-electron chi connectivity index (χ1n) is 12.4. The third-order valence-corrected chi connectivity index (χ3v) is 8.91. The van der Waals surface area contributed by atoms with Crippen LogP contribution in [0.1, 0.15) is 35.2 Å². The molecule has 3 aromatic rings. The fourth-order valence-electron chi connectivity index (χ4n) is 4.67. The zero-order chi connectivity index (χ0) is 25.8. The van der Waals surface area contributed by atoms with Crippen molar-refractivity contribution in [1.29, 1.82) is 0 Å². The molecule has 0 radical (unpaired) electrons. The molecule has 10 heteroatoms. The zero-order valence-electron chi connectivity index (χ0n) is 20.5. The Hall–Kier alpha value is -2.66. The number of aromatic nitrogens is 2. The second-order valence-corrected chi connectivity index (χ2v) is 11.9. The predicted molar refractivity (Wildman–Crippen MR) is 149 cm³/mol. The molecule has 1 aliphatic carbocycles. The largest absolute Gasteiger partial charge is 0.487 e. The predicted octanol–water partition coefficient (Wildman–Crippen LogP) is 4.88. The van der Waals surface area contributed by atoms with Gasteiger partial charge in [0.05, 0.1) is 16.5 Å². The van der Waals surface area contributed by atoms with Crippen molar-refractivity contribution in [2.75, 3.05) is 25.4 Å². The summed E-state index contributed by atoms with van der Waals surface area (Å²) in [5, 5.41) is 3.98. The molecule has 37 heavy (non-hydrogen) atoms. The third-order valence-electron chi connectivity index (χ3n) is 6.66. The summed E-state index contributed by atoms with van der Waals surface area (Å²) in [5.41, 5.74) is 5.14. The molecule has 2 aromatic heterocycles. The summed E-state index contributed by atoms with van der Waals surface area (Å²) in [6, 6.07) is 13.3. The molecule has 1 saturated heterocycles. The lowest BCUT2D eigenvalue weighted by Gasteiger charge is -2.36. The second kappa shape index (κ2) is 11.4. The topological polar surface area (TPSA) is 99.9 Å². The minimum Gasteiger partial charge on any atom is -0.487 e. The van der Waals surface area contributed by atoms with E-state index in [1.807, 2.05) is 0 Å². The van der Waals surface area contributed by atoms with Crippen molar-refractivity contribution in [3.05, 3.63) is 92.6 Å². The average Bonchev–Trinajstić information content (AvgIpc) is 3.23. The van der Waals surface area contributed by atoms with Crippen molar-refractivity contribution in [2.45, 2.75) is 32.4 Å². The van der Waals surface area contributed by atoms with E-state index < -0.39 is 10.8 Å². The van der Waals surface area contributed by atoms with E-state index in [1.54, 1.807) is 39.5 Å². The van der Waals surface area contributed by atoms with Gasteiger partial charge < -0.3 is 10.1 Å². The molecule has 8 nitrogen and oxygen atoms in total. The molecule has 0 spiro atoms. The Morgan fingerprint density at radius 1 is 1.14 bits per heavy atom. The van der Waals surface area contributed by atoms with E-state index >= 15 is 0 Å². The Morgan fingerprint density at radius 3 is 2.78 bits per heavy atom. The van der Waals surface area contributed by atoms with Crippen LogP contribution in [-0.2, 0) is 19.6 Å². The van der Waals surface area contributed by atoms with Crippen molar-refractivity contribution in [1.82, 2.24) is 19.2 Å². The summed E-state index contributed by atoms with van der Waals surface area (Å²) in [6.45, 7) is 3.07. The molecule has 196 valence electrons. The summed E-state index contributed by atoms with van der Waals surface area (Å²) in [7, 11) is -2.54. The molecule has 0 amide bonds. The molecule has 5 rings (SSSR count). The highest BCUT2D eigenvalue weighted by Crippen LogP contribution is 2.47. The molecular weight excluding hydrogens is 512 g/mol. The van der Waals surface area contributed by atoms with Crippen LogP contribution in [0.3, 0.4) is 0 Å². The summed E-state index contributed by atoms with van der Waals surface area (Å²) >= 11 is 5.86. The Kier molecular flexibility index (Phi) is 7.99. The highest BCUT2D eigenvalue weighted by Gasteiger charge is 2.27. The van der Waals surface area contributed by atoms with Gasteiger partial charge in [-0.3, -0.25) is 23.5 Å². The van der Waals surface area contributed by atoms with Gasteiger partial charge in [-0.05, 0) is 60.2 Å².